The van der Waals surface area contributed by atoms with Crippen molar-refractivity contribution in [2.75, 3.05) is 0 Å². The fourth-order valence-electron chi connectivity index (χ4n) is 1.81. The molecule has 0 aliphatic rings. The number of aliphatic hydroxyl groups is 1. The lowest BCUT2D eigenvalue weighted by Crippen LogP contribution is -2.27. The van der Waals surface area contributed by atoms with Gasteiger partial charge in [0.2, 0.25) is 0 Å². The van der Waals surface area contributed by atoms with Gasteiger partial charge < -0.3 is 10.4 Å². The number of aromatic nitrogens is 1. The summed E-state index contributed by atoms with van der Waals surface area (Å²) in [6.07, 6.45) is 3.94. The first-order chi connectivity index (χ1) is 8.75. The van der Waals surface area contributed by atoms with Crippen LogP contribution in [0.4, 0.5) is 0 Å². The van der Waals surface area contributed by atoms with Gasteiger partial charge >= 0.3 is 0 Å². The Labute approximate surface area is 112 Å². The minimum absolute atomic E-state index is 0.273. The number of rotatable bonds is 6. The van der Waals surface area contributed by atoms with Crippen molar-refractivity contribution in [1.29, 1.82) is 0 Å². The zero-order valence-corrected chi connectivity index (χ0v) is 11.2. The van der Waals surface area contributed by atoms with Gasteiger partial charge in [-0.15, -0.1) is 11.3 Å². The summed E-state index contributed by atoms with van der Waals surface area (Å²) >= 11 is 1.60. The van der Waals surface area contributed by atoms with Crippen molar-refractivity contribution in [2.45, 2.75) is 32.0 Å². The molecule has 2 aromatic rings. The Balaban J connectivity index is 1.77. The predicted molar refractivity (Wildman–Crippen MR) is 74.4 cm³/mol. The number of hydrogen-bond donors (Lipinski definition) is 2. The zero-order valence-electron chi connectivity index (χ0n) is 10.4. The largest absolute Gasteiger partial charge is 0.388 e. The molecule has 0 bridgehead atoms. The van der Waals surface area contributed by atoms with Gasteiger partial charge in [-0.2, -0.15) is 0 Å². The highest BCUT2D eigenvalue weighted by Gasteiger charge is 2.12. The molecule has 96 valence electrons. The monoisotopic (exact) mass is 262 g/mol. The third-order valence-electron chi connectivity index (χ3n) is 2.85. The fourth-order valence-corrected chi connectivity index (χ4v) is 2.53. The molecule has 0 aliphatic heterocycles. The summed E-state index contributed by atoms with van der Waals surface area (Å²) in [5, 5.41) is 15.4. The Hall–Kier alpha value is -1.23. The molecule has 2 heterocycles. The zero-order chi connectivity index (χ0) is 12.8. The quantitative estimate of drug-likeness (QED) is 0.841. The molecular weight excluding hydrogens is 244 g/mol. The summed E-state index contributed by atoms with van der Waals surface area (Å²) in [5.74, 6) is 0. The van der Waals surface area contributed by atoms with E-state index in [4.69, 9.17) is 0 Å². The van der Waals surface area contributed by atoms with Gasteiger partial charge in [0.05, 0.1) is 6.10 Å². The Morgan fingerprint density at radius 2 is 2.11 bits per heavy atom. The van der Waals surface area contributed by atoms with Crippen LogP contribution in [0.3, 0.4) is 0 Å². The van der Waals surface area contributed by atoms with Crippen molar-refractivity contribution in [1.82, 2.24) is 10.3 Å². The molecule has 0 saturated carbocycles. The summed E-state index contributed by atoms with van der Waals surface area (Å²) in [6, 6.07) is 8.21. The van der Waals surface area contributed by atoms with E-state index in [0.717, 1.165) is 17.8 Å². The molecule has 18 heavy (non-hydrogen) atoms. The van der Waals surface area contributed by atoms with E-state index < -0.39 is 0 Å². The van der Waals surface area contributed by atoms with Crippen LogP contribution < -0.4 is 5.32 Å². The molecular formula is C14H18N2OS. The maximum absolute atomic E-state index is 10.0. The van der Waals surface area contributed by atoms with Crippen LogP contribution >= 0.6 is 11.3 Å². The molecule has 0 fully saturated rings. The summed E-state index contributed by atoms with van der Waals surface area (Å²) in [5.41, 5.74) is 1.21. The number of hydrogen-bond acceptors (Lipinski definition) is 4. The van der Waals surface area contributed by atoms with E-state index in [1.807, 2.05) is 29.6 Å². The smallest absolute Gasteiger partial charge is 0.0896 e. The number of nitrogens with zero attached hydrogens (tertiary/aromatic N) is 1. The molecule has 2 aromatic heterocycles. The van der Waals surface area contributed by atoms with Gasteiger partial charge in [0.25, 0.3) is 0 Å². The first-order valence-corrected chi connectivity index (χ1v) is 6.97. The number of thiophene rings is 1. The van der Waals surface area contributed by atoms with Gasteiger partial charge in [0.1, 0.15) is 0 Å². The first-order valence-electron chi connectivity index (χ1n) is 6.09. The summed E-state index contributed by atoms with van der Waals surface area (Å²) < 4.78 is 0. The number of pyridine rings is 1. The SMILES string of the molecule is C[C@@H](C[C@@H](O)c1cccs1)NCc1ccncc1. The minimum atomic E-state index is -0.370. The van der Waals surface area contributed by atoms with E-state index in [1.165, 1.54) is 5.56 Å². The first kappa shape index (κ1) is 13.2. The highest BCUT2D eigenvalue weighted by Crippen LogP contribution is 2.22. The third-order valence-corrected chi connectivity index (χ3v) is 3.83. The second-order valence-corrected chi connectivity index (χ2v) is 5.38. The summed E-state index contributed by atoms with van der Waals surface area (Å²) in [7, 11) is 0. The predicted octanol–water partition coefficient (Wildman–Crippen LogP) is 2.74. The van der Waals surface area contributed by atoms with Crippen LogP contribution in [0.1, 0.15) is 29.9 Å². The third kappa shape index (κ3) is 3.91. The van der Waals surface area contributed by atoms with E-state index in [2.05, 4.69) is 17.2 Å². The second kappa shape index (κ2) is 6.64. The molecule has 2 rings (SSSR count). The molecule has 0 radical (unpaired) electrons. The molecule has 0 unspecified atom stereocenters. The van der Waals surface area contributed by atoms with Crippen molar-refractivity contribution in [3.8, 4) is 0 Å². The van der Waals surface area contributed by atoms with Crippen LogP contribution in [0.2, 0.25) is 0 Å². The average molecular weight is 262 g/mol. The molecule has 2 atom stereocenters. The standard InChI is InChI=1S/C14H18N2OS/c1-11(9-13(17)14-3-2-8-18-14)16-10-12-4-6-15-7-5-12/h2-8,11,13,16-17H,9-10H2,1H3/t11-,13+/m0/s1. The van der Waals surface area contributed by atoms with E-state index >= 15 is 0 Å². The van der Waals surface area contributed by atoms with Crippen molar-refractivity contribution < 1.29 is 5.11 Å². The number of aliphatic hydroxyl groups excluding tert-OH is 1. The van der Waals surface area contributed by atoms with Crippen LogP contribution in [0.15, 0.2) is 42.0 Å². The molecule has 2 N–H and O–H groups in total. The number of nitrogens with one attached hydrogen (secondary N) is 1. The van der Waals surface area contributed by atoms with Crippen LogP contribution in [-0.4, -0.2) is 16.1 Å². The highest BCUT2D eigenvalue weighted by molar-refractivity contribution is 7.10. The summed E-state index contributed by atoms with van der Waals surface area (Å²) in [4.78, 5) is 5.02. The molecule has 0 aliphatic carbocycles. The van der Waals surface area contributed by atoms with Gasteiger partial charge in [0.15, 0.2) is 0 Å². The van der Waals surface area contributed by atoms with Crippen LogP contribution in [0, 0.1) is 0 Å². The molecule has 0 spiro atoms. The molecule has 0 amide bonds. The van der Waals surface area contributed by atoms with Crippen LogP contribution in [0.25, 0.3) is 0 Å². The van der Waals surface area contributed by atoms with Crippen LogP contribution in [-0.2, 0) is 6.54 Å². The lowest BCUT2D eigenvalue weighted by Gasteiger charge is -2.17. The van der Waals surface area contributed by atoms with E-state index in [9.17, 15) is 5.11 Å². The van der Waals surface area contributed by atoms with Crippen molar-refractivity contribution in [3.63, 3.8) is 0 Å². The van der Waals surface area contributed by atoms with Crippen molar-refractivity contribution in [2.24, 2.45) is 0 Å². The normalized spacial score (nSPS) is 14.3. The molecule has 3 nitrogen and oxygen atoms in total. The van der Waals surface area contributed by atoms with Crippen LogP contribution in [0.5, 0.6) is 0 Å². The van der Waals surface area contributed by atoms with Crippen molar-refractivity contribution in [3.05, 3.63) is 52.5 Å². The minimum Gasteiger partial charge on any atom is -0.388 e. The maximum atomic E-state index is 10.0. The summed E-state index contributed by atoms with van der Waals surface area (Å²) in [6.45, 7) is 2.90. The van der Waals surface area contributed by atoms with E-state index in [0.29, 0.717) is 0 Å². The highest BCUT2D eigenvalue weighted by atomic mass is 32.1. The van der Waals surface area contributed by atoms with Crippen molar-refractivity contribution >= 4 is 11.3 Å². The van der Waals surface area contributed by atoms with Gasteiger partial charge in [-0.3, -0.25) is 4.98 Å². The van der Waals surface area contributed by atoms with Gasteiger partial charge in [-0.05, 0) is 42.5 Å². The Morgan fingerprint density at radius 3 is 2.78 bits per heavy atom. The van der Waals surface area contributed by atoms with E-state index in [1.54, 1.807) is 23.7 Å². The maximum Gasteiger partial charge on any atom is 0.0896 e. The lowest BCUT2D eigenvalue weighted by atomic mass is 10.1. The molecule has 0 aromatic carbocycles. The average Bonchev–Trinajstić information content (AvgIpc) is 2.91. The van der Waals surface area contributed by atoms with E-state index in [-0.39, 0.29) is 12.1 Å². The van der Waals surface area contributed by atoms with Gasteiger partial charge in [0, 0.05) is 29.9 Å². The molecule has 0 saturated heterocycles. The lowest BCUT2D eigenvalue weighted by molar-refractivity contribution is 0.157. The topological polar surface area (TPSA) is 45.1 Å². The fraction of sp³-hybridized carbons (Fsp3) is 0.357. The van der Waals surface area contributed by atoms with Gasteiger partial charge in [-0.1, -0.05) is 6.07 Å². The van der Waals surface area contributed by atoms with Gasteiger partial charge in [-0.25, -0.2) is 0 Å². The Bertz CT molecular complexity index is 444. The Kier molecular flexibility index (Phi) is 4.87. The Morgan fingerprint density at radius 1 is 1.33 bits per heavy atom. The second-order valence-electron chi connectivity index (χ2n) is 4.40. The molecule has 4 heteroatoms.